The van der Waals surface area contributed by atoms with Crippen LogP contribution < -0.4 is 0 Å². The summed E-state index contributed by atoms with van der Waals surface area (Å²) in [7, 11) is 0. The number of phenolic OH excluding ortho intramolecular Hbond substituents is 1. The summed E-state index contributed by atoms with van der Waals surface area (Å²) >= 11 is 9.32. The number of halogens is 2. The molecule has 0 atom stereocenters. The first-order chi connectivity index (χ1) is 8.65. The highest BCUT2D eigenvalue weighted by Crippen LogP contribution is 2.30. The SMILES string of the molecule is Oc1cc(-c2nc3c(Cl)cccc3[nH]2)ccc1Br. The Labute approximate surface area is 117 Å². The van der Waals surface area contributed by atoms with Crippen molar-refractivity contribution < 1.29 is 5.11 Å². The van der Waals surface area contributed by atoms with Crippen LogP contribution in [0, 0.1) is 0 Å². The summed E-state index contributed by atoms with van der Waals surface area (Å²) in [5, 5.41) is 10.3. The van der Waals surface area contributed by atoms with Crippen LogP contribution in [0.3, 0.4) is 0 Å². The second kappa shape index (κ2) is 4.30. The van der Waals surface area contributed by atoms with Crippen LogP contribution in [0.5, 0.6) is 5.75 Å². The Morgan fingerprint density at radius 2 is 2.06 bits per heavy atom. The average molecular weight is 324 g/mol. The van der Waals surface area contributed by atoms with Crippen molar-refractivity contribution in [2.75, 3.05) is 0 Å². The van der Waals surface area contributed by atoms with E-state index in [-0.39, 0.29) is 5.75 Å². The first-order valence-corrected chi connectivity index (χ1v) is 6.45. The minimum atomic E-state index is 0.180. The number of aromatic amines is 1. The van der Waals surface area contributed by atoms with Gasteiger partial charge in [-0.05, 0) is 46.3 Å². The minimum Gasteiger partial charge on any atom is -0.507 e. The molecule has 0 spiro atoms. The van der Waals surface area contributed by atoms with E-state index in [1.807, 2.05) is 18.2 Å². The quantitative estimate of drug-likeness (QED) is 0.699. The van der Waals surface area contributed by atoms with E-state index in [0.717, 1.165) is 16.6 Å². The molecule has 2 aromatic carbocycles. The standard InChI is InChI=1S/C13H8BrClN2O/c14-8-5-4-7(6-11(8)18)13-16-10-3-1-2-9(15)12(10)17-13/h1-6,18H,(H,16,17). The van der Waals surface area contributed by atoms with Crippen molar-refractivity contribution in [3.05, 3.63) is 45.9 Å². The molecule has 0 unspecified atom stereocenters. The fourth-order valence-electron chi connectivity index (χ4n) is 1.79. The molecule has 0 aliphatic rings. The Morgan fingerprint density at radius 3 is 2.78 bits per heavy atom. The van der Waals surface area contributed by atoms with Gasteiger partial charge in [-0.15, -0.1) is 0 Å². The predicted molar refractivity (Wildman–Crippen MR) is 75.9 cm³/mol. The fraction of sp³-hybridized carbons (Fsp3) is 0. The molecule has 0 amide bonds. The van der Waals surface area contributed by atoms with Crippen molar-refractivity contribution in [3.8, 4) is 17.1 Å². The summed E-state index contributed by atoms with van der Waals surface area (Å²) in [6, 6.07) is 10.9. The molecule has 90 valence electrons. The Morgan fingerprint density at radius 1 is 1.22 bits per heavy atom. The highest BCUT2D eigenvalue weighted by molar-refractivity contribution is 9.10. The molecule has 0 fully saturated rings. The Hall–Kier alpha value is -1.52. The van der Waals surface area contributed by atoms with Crippen molar-refractivity contribution in [1.82, 2.24) is 9.97 Å². The maximum absolute atomic E-state index is 9.68. The maximum atomic E-state index is 9.68. The van der Waals surface area contributed by atoms with Gasteiger partial charge in [0.15, 0.2) is 0 Å². The number of para-hydroxylation sites is 1. The number of nitrogens with one attached hydrogen (secondary N) is 1. The van der Waals surface area contributed by atoms with Crippen molar-refractivity contribution in [2.24, 2.45) is 0 Å². The summed E-state index contributed by atoms with van der Waals surface area (Å²) in [4.78, 5) is 7.62. The van der Waals surface area contributed by atoms with Crippen LogP contribution in [0.15, 0.2) is 40.9 Å². The van der Waals surface area contributed by atoms with Gasteiger partial charge in [-0.3, -0.25) is 0 Å². The molecule has 0 saturated heterocycles. The van der Waals surface area contributed by atoms with Crippen LogP contribution in [0.4, 0.5) is 0 Å². The van der Waals surface area contributed by atoms with Crippen LogP contribution in [0.2, 0.25) is 5.02 Å². The van der Waals surface area contributed by atoms with E-state index in [1.54, 1.807) is 18.2 Å². The van der Waals surface area contributed by atoms with Crippen molar-refractivity contribution in [2.45, 2.75) is 0 Å². The number of aromatic hydroxyl groups is 1. The Kier molecular flexibility index (Phi) is 2.76. The van der Waals surface area contributed by atoms with E-state index < -0.39 is 0 Å². The Bertz CT molecular complexity index is 739. The molecule has 3 aromatic rings. The highest BCUT2D eigenvalue weighted by atomic mass is 79.9. The number of H-pyrrole nitrogens is 1. The summed E-state index contributed by atoms with van der Waals surface area (Å²) in [6.45, 7) is 0. The predicted octanol–water partition coefficient (Wildman–Crippen LogP) is 4.35. The monoisotopic (exact) mass is 322 g/mol. The third kappa shape index (κ3) is 1.87. The smallest absolute Gasteiger partial charge is 0.138 e. The molecule has 1 heterocycles. The topological polar surface area (TPSA) is 48.9 Å². The average Bonchev–Trinajstić information content (AvgIpc) is 2.78. The van der Waals surface area contributed by atoms with E-state index in [0.29, 0.717) is 15.3 Å². The largest absolute Gasteiger partial charge is 0.507 e. The van der Waals surface area contributed by atoms with Gasteiger partial charge in [0.2, 0.25) is 0 Å². The zero-order chi connectivity index (χ0) is 12.7. The first-order valence-electron chi connectivity index (χ1n) is 5.28. The van der Waals surface area contributed by atoms with Gasteiger partial charge < -0.3 is 10.1 Å². The number of aromatic nitrogens is 2. The van der Waals surface area contributed by atoms with E-state index in [2.05, 4.69) is 25.9 Å². The molecule has 0 aliphatic heterocycles. The lowest BCUT2D eigenvalue weighted by molar-refractivity contribution is 0.472. The molecule has 18 heavy (non-hydrogen) atoms. The molecular weight excluding hydrogens is 316 g/mol. The number of fused-ring (bicyclic) bond motifs is 1. The lowest BCUT2D eigenvalue weighted by atomic mass is 10.2. The normalized spacial score (nSPS) is 11.0. The molecule has 3 nitrogen and oxygen atoms in total. The van der Waals surface area contributed by atoms with Gasteiger partial charge in [0.1, 0.15) is 17.1 Å². The van der Waals surface area contributed by atoms with Crippen molar-refractivity contribution >= 4 is 38.6 Å². The van der Waals surface area contributed by atoms with E-state index in [1.165, 1.54) is 0 Å². The number of rotatable bonds is 1. The second-order valence-electron chi connectivity index (χ2n) is 3.89. The molecule has 1 aromatic heterocycles. The summed E-state index contributed by atoms with van der Waals surface area (Å²) in [5.41, 5.74) is 2.42. The van der Waals surface area contributed by atoms with Crippen molar-refractivity contribution in [1.29, 1.82) is 0 Å². The van der Waals surface area contributed by atoms with Gasteiger partial charge in [0.25, 0.3) is 0 Å². The number of hydrogen-bond donors (Lipinski definition) is 2. The third-order valence-electron chi connectivity index (χ3n) is 2.68. The van der Waals surface area contributed by atoms with Gasteiger partial charge >= 0.3 is 0 Å². The van der Waals surface area contributed by atoms with Crippen molar-refractivity contribution in [3.63, 3.8) is 0 Å². The van der Waals surface area contributed by atoms with Crippen LogP contribution in [0.25, 0.3) is 22.4 Å². The van der Waals surface area contributed by atoms with Gasteiger partial charge in [0.05, 0.1) is 15.0 Å². The molecule has 0 bridgehead atoms. The molecule has 2 N–H and O–H groups in total. The number of imidazole rings is 1. The molecule has 5 heteroatoms. The molecule has 0 saturated carbocycles. The van der Waals surface area contributed by atoms with E-state index in [9.17, 15) is 5.11 Å². The van der Waals surface area contributed by atoms with Gasteiger partial charge in [-0.25, -0.2) is 4.98 Å². The summed E-state index contributed by atoms with van der Waals surface area (Å²) in [5.74, 6) is 0.861. The lowest BCUT2D eigenvalue weighted by Gasteiger charge is -1.99. The van der Waals surface area contributed by atoms with Gasteiger partial charge in [-0.1, -0.05) is 17.7 Å². The molecule has 0 aliphatic carbocycles. The lowest BCUT2D eigenvalue weighted by Crippen LogP contribution is -1.80. The number of hydrogen-bond acceptors (Lipinski definition) is 2. The van der Waals surface area contributed by atoms with Crippen LogP contribution >= 0.6 is 27.5 Å². The van der Waals surface area contributed by atoms with Crippen LogP contribution in [-0.2, 0) is 0 Å². The van der Waals surface area contributed by atoms with Crippen LogP contribution in [-0.4, -0.2) is 15.1 Å². The molecule has 3 rings (SSSR count). The summed E-state index contributed by atoms with van der Waals surface area (Å²) in [6.07, 6.45) is 0. The molecular formula is C13H8BrClN2O. The van der Waals surface area contributed by atoms with Crippen LogP contribution in [0.1, 0.15) is 0 Å². The molecule has 0 radical (unpaired) electrons. The number of phenols is 1. The van der Waals surface area contributed by atoms with E-state index in [4.69, 9.17) is 11.6 Å². The summed E-state index contributed by atoms with van der Waals surface area (Å²) < 4.78 is 0.653. The van der Waals surface area contributed by atoms with E-state index >= 15 is 0 Å². The number of benzene rings is 2. The third-order valence-corrected chi connectivity index (χ3v) is 3.66. The zero-order valence-electron chi connectivity index (χ0n) is 9.11. The first kappa shape index (κ1) is 11.6. The number of nitrogens with zero attached hydrogens (tertiary/aromatic N) is 1. The second-order valence-corrected chi connectivity index (χ2v) is 5.15. The maximum Gasteiger partial charge on any atom is 0.138 e. The highest BCUT2D eigenvalue weighted by Gasteiger charge is 2.09. The minimum absolute atomic E-state index is 0.180. The van der Waals surface area contributed by atoms with Gasteiger partial charge in [0, 0.05) is 5.56 Å². The zero-order valence-corrected chi connectivity index (χ0v) is 11.5. The Balaban J connectivity index is 2.19. The van der Waals surface area contributed by atoms with Gasteiger partial charge in [-0.2, -0.15) is 0 Å². The fourth-order valence-corrected chi connectivity index (χ4v) is 2.26.